The lowest BCUT2D eigenvalue weighted by molar-refractivity contribution is -0.139. The Morgan fingerprint density at radius 2 is 1.88 bits per heavy atom. The van der Waals surface area contributed by atoms with Crippen molar-refractivity contribution in [2.75, 3.05) is 19.6 Å². The molecule has 2 heterocycles. The molecule has 0 bridgehead atoms. The van der Waals surface area contributed by atoms with E-state index >= 15 is 0 Å². The van der Waals surface area contributed by atoms with E-state index in [2.05, 4.69) is 10.2 Å². The number of hydrogen-bond acceptors (Lipinski definition) is 2. The Bertz CT molecular complexity index is 273. The molecule has 2 atom stereocenters. The van der Waals surface area contributed by atoms with Crippen molar-refractivity contribution in [1.82, 2.24) is 10.2 Å². The molecule has 1 saturated carbocycles. The highest BCUT2D eigenvalue weighted by atomic mass is 16.2. The average molecular weight is 222 g/mol. The van der Waals surface area contributed by atoms with Gasteiger partial charge in [0.05, 0.1) is 0 Å². The molecule has 0 spiro atoms. The highest BCUT2D eigenvalue weighted by Crippen LogP contribution is 2.32. The Kier molecular flexibility index (Phi) is 2.88. The van der Waals surface area contributed by atoms with Crippen molar-refractivity contribution in [2.45, 2.75) is 44.6 Å². The van der Waals surface area contributed by atoms with E-state index in [-0.39, 0.29) is 0 Å². The summed E-state index contributed by atoms with van der Waals surface area (Å²) in [6.45, 7) is 3.17. The molecule has 3 fully saturated rings. The van der Waals surface area contributed by atoms with Crippen molar-refractivity contribution in [3.05, 3.63) is 0 Å². The van der Waals surface area contributed by atoms with E-state index in [9.17, 15) is 4.79 Å². The Hall–Kier alpha value is -0.570. The number of carbonyl (C=O) groups excluding carboxylic acids is 1. The molecule has 3 rings (SSSR count). The summed E-state index contributed by atoms with van der Waals surface area (Å²) >= 11 is 0. The van der Waals surface area contributed by atoms with E-state index in [1.54, 1.807) is 0 Å². The van der Waals surface area contributed by atoms with Crippen LogP contribution >= 0.6 is 0 Å². The predicted molar refractivity (Wildman–Crippen MR) is 63.1 cm³/mol. The Morgan fingerprint density at radius 3 is 2.69 bits per heavy atom. The number of likely N-dealkylation sites (tertiary alicyclic amines) is 1. The van der Waals surface area contributed by atoms with Gasteiger partial charge in [-0.1, -0.05) is 12.8 Å². The molecule has 2 aliphatic heterocycles. The highest BCUT2D eigenvalue weighted by molar-refractivity contribution is 5.79. The molecule has 3 aliphatic rings. The molecule has 0 aromatic carbocycles. The third kappa shape index (κ3) is 1.75. The van der Waals surface area contributed by atoms with E-state index in [1.165, 1.54) is 25.7 Å². The van der Waals surface area contributed by atoms with Gasteiger partial charge in [0.2, 0.25) is 5.91 Å². The quantitative estimate of drug-likeness (QED) is 0.727. The molecule has 90 valence electrons. The van der Waals surface area contributed by atoms with Gasteiger partial charge in [0.1, 0.15) is 0 Å². The minimum absolute atomic E-state index is 0.361. The fraction of sp³-hybridized carbons (Fsp3) is 0.923. The summed E-state index contributed by atoms with van der Waals surface area (Å²) in [6, 6.07) is 0.516. The lowest BCUT2D eigenvalue weighted by Crippen LogP contribution is -2.50. The van der Waals surface area contributed by atoms with E-state index in [4.69, 9.17) is 0 Å². The SMILES string of the molecule is O=C(C1CCCC1)N1CCCC2CNCC21. The molecule has 1 N–H and O–H groups in total. The maximum atomic E-state index is 12.4. The summed E-state index contributed by atoms with van der Waals surface area (Å²) in [6.07, 6.45) is 7.32. The van der Waals surface area contributed by atoms with Gasteiger partial charge in [-0.3, -0.25) is 4.79 Å². The van der Waals surface area contributed by atoms with Gasteiger partial charge in [0.15, 0.2) is 0 Å². The number of nitrogens with one attached hydrogen (secondary N) is 1. The minimum atomic E-state index is 0.361. The third-order valence-electron chi connectivity index (χ3n) is 4.67. The van der Waals surface area contributed by atoms with Gasteiger partial charge in [-0.2, -0.15) is 0 Å². The number of piperidine rings is 1. The molecule has 0 radical (unpaired) electrons. The minimum Gasteiger partial charge on any atom is -0.338 e. The van der Waals surface area contributed by atoms with Crippen LogP contribution in [0.2, 0.25) is 0 Å². The number of nitrogens with zero attached hydrogens (tertiary/aromatic N) is 1. The van der Waals surface area contributed by atoms with Crippen molar-refractivity contribution in [3.63, 3.8) is 0 Å². The summed E-state index contributed by atoms with van der Waals surface area (Å²) < 4.78 is 0. The zero-order chi connectivity index (χ0) is 11.0. The summed E-state index contributed by atoms with van der Waals surface area (Å²) in [5.41, 5.74) is 0. The average Bonchev–Trinajstić information content (AvgIpc) is 2.98. The van der Waals surface area contributed by atoms with Crippen LogP contribution in [0.1, 0.15) is 38.5 Å². The van der Waals surface area contributed by atoms with Gasteiger partial charge >= 0.3 is 0 Å². The Labute approximate surface area is 97.6 Å². The van der Waals surface area contributed by atoms with Gasteiger partial charge in [-0.05, 0) is 31.6 Å². The fourth-order valence-corrected chi connectivity index (χ4v) is 3.75. The highest BCUT2D eigenvalue weighted by Gasteiger charge is 2.39. The number of rotatable bonds is 1. The predicted octanol–water partition coefficient (Wildman–Crippen LogP) is 1.39. The van der Waals surface area contributed by atoms with Gasteiger partial charge < -0.3 is 10.2 Å². The largest absolute Gasteiger partial charge is 0.338 e. The number of fused-ring (bicyclic) bond motifs is 1. The molecule has 1 amide bonds. The first kappa shape index (κ1) is 10.6. The lowest BCUT2D eigenvalue weighted by Gasteiger charge is -2.38. The second kappa shape index (κ2) is 4.36. The van der Waals surface area contributed by atoms with Crippen molar-refractivity contribution >= 4 is 5.91 Å². The summed E-state index contributed by atoms with van der Waals surface area (Å²) in [5.74, 6) is 1.56. The first-order chi connectivity index (χ1) is 7.86. The first-order valence-corrected chi connectivity index (χ1v) is 6.87. The molecule has 3 heteroatoms. The van der Waals surface area contributed by atoms with Crippen LogP contribution in [-0.4, -0.2) is 36.5 Å². The van der Waals surface area contributed by atoms with Crippen LogP contribution in [0.4, 0.5) is 0 Å². The van der Waals surface area contributed by atoms with E-state index < -0.39 is 0 Å². The second-order valence-electron chi connectivity index (χ2n) is 5.64. The second-order valence-corrected chi connectivity index (χ2v) is 5.64. The monoisotopic (exact) mass is 222 g/mol. The Balaban J connectivity index is 1.70. The van der Waals surface area contributed by atoms with Gasteiger partial charge in [-0.25, -0.2) is 0 Å². The van der Waals surface area contributed by atoms with Gasteiger partial charge in [0, 0.05) is 31.6 Å². The molecule has 1 aliphatic carbocycles. The normalized spacial score (nSPS) is 35.4. The number of amides is 1. The Morgan fingerprint density at radius 1 is 1.06 bits per heavy atom. The van der Waals surface area contributed by atoms with Crippen molar-refractivity contribution in [3.8, 4) is 0 Å². The van der Waals surface area contributed by atoms with Crippen LogP contribution < -0.4 is 5.32 Å². The van der Waals surface area contributed by atoms with Gasteiger partial charge in [0.25, 0.3) is 0 Å². The standard InChI is InChI=1S/C13H22N2O/c16-13(10-4-1-2-5-10)15-7-3-6-11-8-14-9-12(11)15/h10-12,14H,1-9H2. The van der Waals surface area contributed by atoms with Crippen molar-refractivity contribution in [2.24, 2.45) is 11.8 Å². The van der Waals surface area contributed by atoms with Crippen LogP contribution in [-0.2, 0) is 4.79 Å². The maximum Gasteiger partial charge on any atom is 0.225 e. The third-order valence-corrected chi connectivity index (χ3v) is 4.67. The van der Waals surface area contributed by atoms with Crippen LogP contribution in [0.25, 0.3) is 0 Å². The van der Waals surface area contributed by atoms with E-state index in [1.807, 2.05) is 0 Å². The molecule has 0 aromatic rings. The topological polar surface area (TPSA) is 32.3 Å². The van der Waals surface area contributed by atoms with Crippen molar-refractivity contribution in [1.29, 1.82) is 0 Å². The van der Waals surface area contributed by atoms with Crippen LogP contribution in [0, 0.1) is 11.8 Å². The molecule has 3 nitrogen and oxygen atoms in total. The summed E-state index contributed by atoms with van der Waals surface area (Å²) in [7, 11) is 0. The zero-order valence-electron chi connectivity index (χ0n) is 9.95. The molecule has 2 saturated heterocycles. The summed E-state index contributed by atoms with van der Waals surface area (Å²) in [4.78, 5) is 14.7. The molecule has 16 heavy (non-hydrogen) atoms. The number of hydrogen-bond donors (Lipinski definition) is 1. The van der Waals surface area contributed by atoms with Crippen LogP contribution in [0.15, 0.2) is 0 Å². The molecular weight excluding hydrogens is 200 g/mol. The fourth-order valence-electron chi connectivity index (χ4n) is 3.75. The van der Waals surface area contributed by atoms with Gasteiger partial charge in [-0.15, -0.1) is 0 Å². The van der Waals surface area contributed by atoms with Crippen molar-refractivity contribution < 1.29 is 4.79 Å². The van der Waals surface area contributed by atoms with Crippen LogP contribution in [0.5, 0.6) is 0 Å². The maximum absolute atomic E-state index is 12.4. The molecular formula is C13H22N2O. The molecule has 2 unspecified atom stereocenters. The first-order valence-electron chi connectivity index (χ1n) is 6.87. The number of carbonyl (C=O) groups is 1. The van der Waals surface area contributed by atoms with Crippen LogP contribution in [0.3, 0.4) is 0 Å². The van der Waals surface area contributed by atoms with E-state index in [0.29, 0.717) is 17.9 Å². The lowest BCUT2D eigenvalue weighted by atomic mass is 9.90. The van der Waals surface area contributed by atoms with E-state index in [0.717, 1.165) is 38.4 Å². The summed E-state index contributed by atoms with van der Waals surface area (Å²) in [5, 5.41) is 3.45. The zero-order valence-corrected chi connectivity index (χ0v) is 9.95. The molecule has 0 aromatic heterocycles. The smallest absolute Gasteiger partial charge is 0.225 e.